The lowest BCUT2D eigenvalue weighted by molar-refractivity contribution is 0.230. The lowest BCUT2D eigenvalue weighted by Crippen LogP contribution is -2.12. The van der Waals surface area contributed by atoms with E-state index in [4.69, 9.17) is 19.2 Å². The molecule has 0 aromatic carbocycles. The van der Waals surface area contributed by atoms with E-state index in [1.165, 1.54) is 6.26 Å². The Hall–Kier alpha value is -0.980. The van der Waals surface area contributed by atoms with Crippen LogP contribution in [0, 0.1) is 5.92 Å². The fourth-order valence-electron chi connectivity index (χ4n) is 2.39. The first-order valence-corrected chi connectivity index (χ1v) is 10.5. The molecule has 0 saturated heterocycles. The van der Waals surface area contributed by atoms with Crippen LogP contribution in [0.5, 0.6) is 0 Å². The van der Waals surface area contributed by atoms with Crippen LogP contribution in [0.2, 0.25) is 0 Å². The van der Waals surface area contributed by atoms with Crippen molar-refractivity contribution in [2.24, 2.45) is 11.7 Å². The Kier molecular flexibility index (Phi) is 6.78. The predicted octanol–water partition coefficient (Wildman–Crippen LogP) is 3.95. The van der Waals surface area contributed by atoms with Crippen LogP contribution in [-0.4, -0.2) is 18.2 Å². The van der Waals surface area contributed by atoms with Gasteiger partial charge in [0.25, 0.3) is 0 Å². The second kappa shape index (κ2) is 8.41. The summed E-state index contributed by atoms with van der Waals surface area (Å²) in [6, 6.07) is 1.64. The van der Waals surface area contributed by atoms with Crippen LogP contribution in [0.25, 0.3) is 11.5 Å². The van der Waals surface area contributed by atoms with Gasteiger partial charge in [0.15, 0.2) is 5.76 Å². The Labute approximate surface area is 146 Å². The number of nitrogens with two attached hydrogens (primary N) is 1. The van der Waals surface area contributed by atoms with Gasteiger partial charge in [0.05, 0.1) is 19.5 Å². The summed E-state index contributed by atoms with van der Waals surface area (Å²) >= 11 is 1.56. The smallest absolute Gasteiger partial charge is 0.365 e. The van der Waals surface area contributed by atoms with E-state index in [0.29, 0.717) is 29.2 Å². The quantitative estimate of drug-likeness (QED) is 0.671. The number of rotatable bonds is 9. The number of thiazole rings is 1. The first kappa shape index (κ1) is 19.3. The van der Waals surface area contributed by atoms with Crippen molar-refractivity contribution in [2.45, 2.75) is 40.7 Å². The zero-order valence-corrected chi connectivity index (χ0v) is 16.3. The lowest BCUT2D eigenvalue weighted by atomic mass is 10.1. The molecule has 2 heterocycles. The minimum absolute atomic E-state index is 0.284. The average molecular weight is 372 g/mol. The highest BCUT2D eigenvalue weighted by Gasteiger charge is 2.34. The van der Waals surface area contributed by atoms with Crippen LogP contribution >= 0.6 is 18.9 Å². The molecule has 0 aliphatic rings. The maximum Gasteiger partial charge on any atom is 0.365 e. The molecule has 2 aromatic heterocycles. The summed E-state index contributed by atoms with van der Waals surface area (Å²) in [7, 11) is -3.44. The van der Waals surface area contributed by atoms with Crippen molar-refractivity contribution in [2.75, 3.05) is 13.2 Å². The van der Waals surface area contributed by atoms with Crippen LogP contribution in [0.1, 0.15) is 37.6 Å². The summed E-state index contributed by atoms with van der Waals surface area (Å²) in [5.41, 5.74) is 6.44. The molecule has 0 saturated carbocycles. The van der Waals surface area contributed by atoms with E-state index in [1.54, 1.807) is 31.3 Å². The van der Waals surface area contributed by atoms with E-state index in [0.717, 1.165) is 16.3 Å². The molecule has 8 heteroatoms. The molecule has 24 heavy (non-hydrogen) atoms. The second-order valence-corrected chi connectivity index (χ2v) is 8.81. The van der Waals surface area contributed by atoms with Crippen LogP contribution in [0.15, 0.2) is 16.7 Å². The third-order valence-corrected chi connectivity index (χ3v) is 6.50. The Bertz CT molecular complexity index is 701. The molecular formula is C16H25N2O4PS. The molecule has 0 amide bonds. The molecule has 0 aliphatic heterocycles. The summed E-state index contributed by atoms with van der Waals surface area (Å²) < 4.78 is 29.7. The lowest BCUT2D eigenvalue weighted by Gasteiger charge is -2.16. The fourth-order valence-corrected chi connectivity index (χ4v) is 5.23. The summed E-state index contributed by atoms with van der Waals surface area (Å²) in [5.74, 6) is 0.908. The standard InChI is InChI=1S/C16H25N2O4PS/c1-5-21-23(19,22-6-2)12-7-8-20-16(12)15-13(9-11(3)4)24-14(10-17)18-15/h7-8,11H,5-6,9-10,17H2,1-4H3. The van der Waals surface area contributed by atoms with E-state index in [9.17, 15) is 4.57 Å². The van der Waals surface area contributed by atoms with Crippen molar-refractivity contribution in [3.05, 3.63) is 22.2 Å². The minimum atomic E-state index is -3.44. The number of aromatic nitrogens is 1. The largest absolute Gasteiger partial charge is 0.462 e. The average Bonchev–Trinajstić information content (AvgIpc) is 3.13. The van der Waals surface area contributed by atoms with Crippen LogP contribution in [0.3, 0.4) is 0 Å². The zero-order valence-electron chi connectivity index (χ0n) is 14.6. The summed E-state index contributed by atoms with van der Waals surface area (Å²) in [4.78, 5) is 5.66. The molecule has 134 valence electrons. The number of hydrogen-bond acceptors (Lipinski definition) is 7. The predicted molar refractivity (Wildman–Crippen MR) is 96.7 cm³/mol. The third-order valence-electron chi connectivity index (χ3n) is 3.26. The molecule has 0 atom stereocenters. The highest BCUT2D eigenvalue weighted by molar-refractivity contribution is 7.62. The first-order chi connectivity index (χ1) is 11.4. The molecule has 2 aromatic rings. The Balaban J connectivity index is 2.53. The molecule has 0 fully saturated rings. The van der Waals surface area contributed by atoms with Crippen molar-refractivity contribution < 1.29 is 18.0 Å². The SMILES string of the molecule is CCOP(=O)(OCC)c1ccoc1-c1nc(CN)sc1CC(C)C. The van der Waals surface area contributed by atoms with Gasteiger partial charge < -0.3 is 19.2 Å². The molecule has 0 radical (unpaired) electrons. The van der Waals surface area contributed by atoms with Gasteiger partial charge in [-0.25, -0.2) is 4.98 Å². The van der Waals surface area contributed by atoms with E-state index < -0.39 is 7.60 Å². The Morgan fingerprint density at radius 1 is 1.33 bits per heavy atom. The van der Waals surface area contributed by atoms with Crippen molar-refractivity contribution >= 4 is 24.2 Å². The van der Waals surface area contributed by atoms with E-state index in [-0.39, 0.29) is 13.2 Å². The van der Waals surface area contributed by atoms with Gasteiger partial charge in [-0.15, -0.1) is 11.3 Å². The number of furan rings is 1. The summed E-state index contributed by atoms with van der Waals surface area (Å²) in [6.45, 7) is 8.77. The molecular weight excluding hydrogens is 347 g/mol. The molecule has 2 N–H and O–H groups in total. The molecule has 0 bridgehead atoms. The summed E-state index contributed by atoms with van der Waals surface area (Å²) in [6.07, 6.45) is 2.34. The van der Waals surface area contributed by atoms with E-state index >= 15 is 0 Å². The van der Waals surface area contributed by atoms with Gasteiger partial charge in [-0.3, -0.25) is 4.57 Å². The van der Waals surface area contributed by atoms with Gasteiger partial charge in [-0.1, -0.05) is 13.8 Å². The highest BCUT2D eigenvalue weighted by atomic mass is 32.1. The van der Waals surface area contributed by atoms with Gasteiger partial charge in [0.2, 0.25) is 0 Å². The minimum Gasteiger partial charge on any atom is -0.462 e. The molecule has 0 aliphatic carbocycles. The molecule has 2 rings (SSSR count). The first-order valence-electron chi connectivity index (χ1n) is 8.11. The van der Waals surface area contributed by atoms with Crippen molar-refractivity contribution in [1.82, 2.24) is 4.98 Å². The topological polar surface area (TPSA) is 87.6 Å². The van der Waals surface area contributed by atoms with Crippen molar-refractivity contribution in [1.29, 1.82) is 0 Å². The maximum absolute atomic E-state index is 13.1. The number of hydrogen-bond donors (Lipinski definition) is 1. The van der Waals surface area contributed by atoms with Gasteiger partial charge in [-0.05, 0) is 32.3 Å². The van der Waals surface area contributed by atoms with Gasteiger partial charge in [0, 0.05) is 11.4 Å². The van der Waals surface area contributed by atoms with E-state index in [1.807, 2.05) is 0 Å². The molecule has 0 unspecified atom stereocenters. The van der Waals surface area contributed by atoms with Gasteiger partial charge in [0.1, 0.15) is 16.0 Å². The normalized spacial score (nSPS) is 12.2. The van der Waals surface area contributed by atoms with E-state index in [2.05, 4.69) is 18.8 Å². The highest BCUT2D eigenvalue weighted by Crippen LogP contribution is 2.50. The maximum atomic E-state index is 13.1. The van der Waals surface area contributed by atoms with Crippen LogP contribution in [0.4, 0.5) is 0 Å². The molecule has 0 spiro atoms. The Morgan fingerprint density at radius 2 is 2.00 bits per heavy atom. The fraction of sp³-hybridized carbons (Fsp3) is 0.562. The van der Waals surface area contributed by atoms with Crippen molar-refractivity contribution in [3.63, 3.8) is 0 Å². The Morgan fingerprint density at radius 3 is 2.54 bits per heavy atom. The van der Waals surface area contributed by atoms with Crippen molar-refractivity contribution in [3.8, 4) is 11.5 Å². The monoisotopic (exact) mass is 372 g/mol. The summed E-state index contributed by atoms with van der Waals surface area (Å²) in [5, 5.41) is 1.25. The van der Waals surface area contributed by atoms with Crippen LogP contribution < -0.4 is 11.0 Å². The number of nitrogens with zero attached hydrogens (tertiary/aromatic N) is 1. The third kappa shape index (κ3) is 4.16. The van der Waals surface area contributed by atoms with Crippen LogP contribution in [-0.2, 0) is 26.6 Å². The second-order valence-electron chi connectivity index (χ2n) is 5.65. The van der Waals surface area contributed by atoms with Gasteiger partial charge >= 0.3 is 7.60 Å². The van der Waals surface area contributed by atoms with Gasteiger partial charge in [-0.2, -0.15) is 0 Å². The molecule has 6 nitrogen and oxygen atoms in total. The zero-order chi connectivity index (χ0) is 17.7.